The second kappa shape index (κ2) is 22.3. The van der Waals surface area contributed by atoms with E-state index in [4.69, 9.17) is 0 Å². The van der Waals surface area contributed by atoms with Gasteiger partial charge in [0, 0.05) is 6.42 Å². The first kappa shape index (κ1) is 28.6. The molecule has 3 N–H and O–H groups in total. The van der Waals surface area contributed by atoms with Gasteiger partial charge in [0.25, 0.3) is 0 Å². The first-order valence-electron chi connectivity index (χ1n) is 12.2. The SMILES string of the molecule is CCCC/C=C/CC/C=C/CC/C=C/C(O)C(CO)NC(=O)CCCCCCCC. The van der Waals surface area contributed by atoms with Gasteiger partial charge in [-0.05, 0) is 38.5 Å². The number of hydrogen-bond acceptors (Lipinski definition) is 3. The molecule has 0 aliphatic heterocycles. The summed E-state index contributed by atoms with van der Waals surface area (Å²) in [6, 6.07) is -0.635. The number of amides is 1. The molecule has 0 spiro atoms. The van der Waals surface area contributed by atoms with Crippen LogP contribution in [0.5, 0.6) is 0 Å². The number of allylic oxidation sites excluding steroid dienone is 5. The van der Waals surface area contributed by atoms with Gasteiger partial charge in [-0.2, -0.15) is 0 Å². The van der Waals surface area contributed by atoms with Crippen molar-refractivity contribution in [3.05, 3.63) is 36.5 Å². The van der Waals surface area contributed by atoms with Crippen molar-refractivity contribution in [2.45, 2.75) is 116 Å². The lowest BCUT2D eigenvalue weighted by Gasteiger charge is -2.19. The summed E-state index contributed by atoms with van der Waals surface area (Å²) in [5, 5.41) is 22.4. The molecule has 174 valence electrons. The fourth-order valence-electron chi connectivity index (χ4n) is 3.13. The third kappa shape index (κ3) is 18.6. The Morgan fingerprint density at radius 1 is 0.767 bits per heavy atom. The lowest BCUT2D eigenvalue weighted by atomic mass is 10.1. The van der Waals surface area contributed by atoms with E-state index >= 15 is 0 Å². The van der Waals surface area contributed by atoms with Gasteiger partial charge in [0.05, 0.1) is 18.8 Å². The van der Waals surface area contributed by atoms with Crippen molar-refractivity contribution < 1.29 is 15.0 Å². The molecule has 0 fully saturated rings. The molecule has 2 unspecified atom stereocenters. The average Bonchev–Trinajstić information content (AvgIpc) is 2.75. The molecule has 0 aromatic rings. The van der Waals surface area contributed by atoms with Crippen molar-refractivity contribution in [1.29, 1.82) is 0 Å². The predicted molar refractivity (Wildman–Crippen MR) is 128 cm³/mol. The normalized spacial score (nSPS) is 14.1. The Morgan fingerprint density at radius 3 is 1.90 bits per heavy atom. The van der Waals surface area contributed by atoms with Gasteiger partial charge in [0.1, 0.15) is 0 Å². The number of nitrogens with one attached hydrogen (secondary N) is 1. The van der Waals surface area contributed by atoms with Crippen LogP contribution in [0.15, 0.2) is 36.5 Å². The van der Waals surface area contributed by atoms with Crippen molar-refractivity contribution in [1.82, 2.24) is 5.32 Å². The monoisotopic (exact) mass is 421 g/mol. The van der Waals surface area contributed by atoms with Crippen molar-refractivity contribution in [2.24, 2.45) is 0 Å². The number of rotatable bonds is 20. The third-order valence-electron chi connectivity index (χ3n) is 5.10. The summed E-state index contributed by atoms with van der Waals surface area (Å²) in [6.45, 7) is 4.13. The number of hydrogen-bond donors (Lipinski definition) is 3. The molecule has 0 rings (SSSR count). The quantitative estimate of drug-likeness (QED) is 0.167. The second-order valence-corrected chi connectivity index (χ2v) is 8.03. The molecule has 0 radical (unpaired) electrons. The Kier molecular flexibility index (Phi) is 21.3. The minimum absolute atomic E-state index is 0.0938. The van der Waals surface area contributed by atoms with Gasteiger partial charge >= 0.3 is 0 Å². The maximum absolute atomic E-state index is 12.0. The fraction of sp³-hybridized carbons (Fsp3) is 0.731. The highest BCUT2D eigenvalue weighted by Crippen LogP contribution is 2.07. The Hall–Kier alpha value is -1.39. The van der Waals surface area contributed by atoms with Crippen molar-refractivity contribution in [2.75, 3.05) is 6.61 Å². The van der Waals surface area contributed by atoms with Gasteiger partial charge in [-0.1, -0.05) is 95.2 Å². The van der Waals surface area contributed by atoms with Crippen molar-refractivity contribution in [3.63, 3.8) is 0 Å². The highest BCUT2D eigenvalue weighted by molar-refractivity contribution is 5.76. The van der Waals surface area contributed by atoms with E-state index in [0.717, 1.165) is 38.5 Å². The largest absolute Gasteiger partial charge is 0.394 e. The number of carbonyl (C=O) groups is 1. The second-order valence-electron chi connectivity index (χ2n) is 8.03. The summed E-state index contributed by atoms with van der Waals surface area (Å²) in [5.41, 5.74) is 0. The molecule has 0 aliphatic carbocycles. The van der Waals surface area contributed by atoms with Gasteiger partial charge in [0.15, 0.2) is 0 Å². The lowest BCUT2D eigenvalue weighted by Crippen LogP contribution is -2.45. The Morgan fingerprint density at radius 2 is 1.30 bits per heavy atom. The molecular weight excluding hydrogens is 374 g/mol. The fourth-order valence-corrected chi connectivity index (χ4v) is 3.13. The standard InChI is InChI=1S/C26H47NO3/c1-3-5-7-9-11-12-13-14-15-16-17-19-21-25(29)24(23-28)27-26(30)22-20-18-10-8-6-4-2/h9,11,14-15,19,21,24-25,28-29H,3-8,10,12-13,16-18,20,22-23H2,1-2H3,(H,27,30)/b11-9+,15-14+,21-19+. The van der Waals surface area contributed by atoms with Crippen molar-refractivity contribution in [3.8, 4) is 0 Å². The summed E-state index contributed by atoms with van der Waals surface area (Å²) in [6.07, 6.45) is 26.5. The zero-order valence-corrected chi connectivity index (χ0v) is 19.5. The van der Waals surface area contributed by atoms with Crippen LogP contribution in [-0.2, 0) is 4.79 Å². The first-order chi connectivity index (χ1) is 14.7. The van der Waals surface area contributed by atoms with E-state index in [1.54, 1.807) is 6.08 Å². The Labute approximate surface area is 185 Å². The maximum atomic E-state index is 12.0. The van der Waals surface area contributed by atoms with E-state index < -0.39 is 12.1 Å². The number of aliphatic hydroxyl groups excluding tert-OH is 2. The maximum Gasteiger partial charge on any atom is 0.220 e. The zero-order valence-electron chi connectivity index (χ0n) is 19.5. The minimum Gasteiger partial charge on any atom is -0.394 e. The molecule has 0 bridgehead atoms. The highest BCUT2D eigenvalue weighted by Gasteiger charge is 2.17. The van der Waals surface area contributed by atoms with E-state index in [-0.39, 0.29) is 12.5 Å². The topological polar surface area (TPSA) is 69.6 Å². The summed E-state index contributed by atoms with van der Waals surface area (Å²) >= 11 is 0. The van der Waals surface area contributed by atoms with E-state index in [0.29, 0.717) is 6.42 Å². The van der Waals surface area contributed by atoms with Crippen LogP contribution in [0.25, 0.3) is 0 Å². The molecule has 0 aliphatic rings. The van der Waals surface area contributed by atoms with E-state index in [1.165, 1.54) is 44.9 Å². The smallest absolute Gasteiger partial charge is 0.220 e. The lowest BCUT2D eigenvalue weighted by molar-refractivity contribution is -0.123. The van der Waals surface area contributed by atoms with Crippen LogP contribution in [0.2, 0.25) is 0 Å². The van der Waals surface area contributed by atoms with Crippen LogP contribution in [0, 0.1) is 0 Å². The predicted octanol–water partition coefficient (Wildman–Crippen LogP) is 5.99. The summed E-state index contributed by atoms with van der Waals surface area (Å²) in [5.74, 6) is -0.0938. The van der Waals surface area contributed by atoms with Gasteiger partial charge in [0.2, 0.25) is 5.91 Å². The Balaban J connectivity index is 3.89. The van der Waals surface area contributed by atoms with E-state index in [1.807, 2.05) is 6.08 Å². The molecule has 0 heterocycles. The molecule has 0 saturated heterocycles. The van der Waals surface area contributed by atoms with Crippen LogP contribution < -0.4 is 5.32 Å². The summed E-state index contributed by atoms with van der Waals surface area (Å²) in [7, 11) is 0. The van der Waals surface area contributed by atoms with Crippen LogP contribution in [-0.4, -0.2) is 34.9 Å². The average molecular weight is 422 g/mol. The molecular formula is C26H47NO3. The molecule has 1 amide bonds. The molecule has 0 saturated carbocycles. The van der Waals surface area contributed by atoms with Crippen LogP contribution >= 0.6 is 0 Å². The molecule has 4 nitrogen and oxygen atoms in total. The van der Waals surface area contributed by atoms with Crippen LogP contribution in [0.4, 0.5) is 0 Å². The van der Waals surface area contributed by atoms with Gasteiger partial charge in [-0.25, -0.2) is 0 Å². The summed E-state index contributed by atoms with van der Waals surface area (Å²) < 4.78 is 0. The van der Waals surface area contributed by atoms with Gasteiger partial charge < -0.3 is 15.5 Å². The number of unbranched alkanes of at least 4 members (excludes halogenated alkanes) is 9. The molecule has 0 aromatic carbocycles. The number of aliphatic hydroxyl groups is 2. The summed E-state index contributed by atoms with van der Waals surface area (Å²) in [4.78, 5) is 12.0. The van der Waals surface area contributed by atoms with Crippen molar-refractivity contribution >= 4 is 5.91 Å². The van der Waals surface area contributed by atoms with Crippen LogP contribution in [0.1, 0.15) is 104 Å². The number of carbonyl (C=O) groups excluding carboxylic acids is 1. The van der Waals surface area contributed by atoms with E-state index in [2.05, 4.69) is 43.5 Å². The molecule has 2 atom stereocenters. The van der Waals surface area contributed by atoms with Gasteiger partial charge in [-0.15, -0.1) is 0 Å². The highest BCUT2D eigenvalue weighted by atomic mass is 16.3. The molecule has 30 heavy (non-hydrogen) atoms. The third-order valence-corrected chi connectivity index (χ3v) is 5.10. The van der Waals surface area contributed by atoms with E-state index in [9.17, 15) is 15.0 Å². The van der Waals surface area contributed by atoms with Crippen LogP contribution in [0.3, 0.4) is 0 Å². The first-order valence-corrected chi connectivity index (χ1v) is 12.2. The Bertz CT molecular complexity index is 471. The molecule has 0 aromatic heterocycles. The zero-order chi connectivity index (χ0) is 22.3. The van der Waals surface area contributed by atoms with Gasteiger partial charge in [-0.3, -0.25) is 4.79 Å². The minimum atomic E-state index is -0.860. The molecule has 4 heteroatoms.